The van der Waals surface area contributed by atoms with E-state index in [2.05, 4.69) is 79.9 Å². The highest BCUT2D eigenvalue weighted by molar-refractivity contribution is 14.1. The van der Waals surface area contributed by atoms with Gasteiger partial charge in [-0.2, -0.15) is 0 Å². The van der Waals surface area contributed by atoms with Gasteiger partial charge in [-0.05, 0) is 40.8 Å². The van der Waals surface area contributed by atoms with E-state index in [0.717, 1.165) is 4.47 Å². The van der Waals surface area contributed by atoms with Crippen molar-refractivity contribution in [2.45, 2.75) is 0 Å². The Morgan fingerprint density at radius 1 is 1.07 bits per heavy atom. The fourth-order valence-corrected chi connectivity index (χ4v) is 3.52. The summed E-state index contributed by atoms with van der Waals surface area (Å²) >= 11 is 5.89. The zero-order valence-corrected chi connectivity index (χ0v) is 11.5. The van der Waals surface area contributed by atoms with Crippen molar-refractivity contribution in [2.24, 2.45) is 0 Å². The van der Waals surface area contributed by atoms with Gasteiger partial charge >= 0.3 is 0 Å². The molecule has 0 amide bonds. The van der Waals surface area contributed by atoms with Crippen LogP contribution < -0.4 is 0 Å². The molecule has 0 saturated heterocycles. The third-order valence-corrected chi connectivity index (χ3v) is 3.84. The molecule has 3 heteroatoms. The van der Waals surface area contributed by atoms with Gasteiger partial charge in [0.05, 0.1) is 5.52 Å². The molecule has 1 nitrogen and oxygen atoms in total. The molecule has 3 rings (SSSR count). The van der Waals surface area contributed by atoms with Crippen LogP contribution in [0.2, 0.25) is 0 Å². The highest BCUT2D eigenvalue weighted by Crippen LogP contribution is 2.31. The number of hydrogen-bond donors (Lipinski definition) is 1. The zero-order chi connectivity index (χ0) is 10.4. The molecule has 0 saturated carbocycles. The Balaban J connectivity index is 2.61. The van der Waals surface area contributed by atoms with Gasteiger partial charge in [0.25, 0.3) is 0 Å². The molecule has 0 aliphatic heterocycles. The molecule has 3 aromatic rings. The Kier molecular flexibility index (Phi) is 2.25. The lowest BCUT2D eigenvalue weighted by Crippen LogP contribution is -1.75. The van der Waals surface area contributed by atoms with Crippen molar-refractivity contribution in [3.05, 3.63) is 44.4 Å². The Labute approximate surface area is 109 Å². The first-order chi connectivity index (χ1) is 7.25. The van der Waals surface area contributed by atoms with E-state index in [4.69, 9.17) is 0 Å². The predicted octanol–water partition coefficient (Wildman–Crippen LogP) is 4.69. The van der Waals surface area contributed by atoms with E-state index in [-0.39, 0.29) is 0 Å². The number of fused-ring (bicyclic) bond motifs is 3. The molecule has 0 spiro atoms. The summed E-state index contributed by atoms with van der Waals surface area (Å²) in [5, 5.41) is 2.57. The van der Waals surface area contributed by atoms with Crippen LogP contribution in [0.15, 0.2) is 40.9 Å². The fourth-order valence-electron chi connectivity index (χ4n) is 1.87. The Hall–Kier alpha value is -0.550. The second kappa shape index (κ2) is 3.49. The average Bonchev–Trinajstić information content (AvgIpc) is 2.57. The van der Waals surface area contributed by atoms with Crippen molar-refractivity contribution in [3.63, 3.8) is 0 Å². The van der Waals surface area contributed by atoms with Gasteiger partial charge in [0, 0.05) is 24.3 Å². The molecule has 0 aliphatic carbocycles. The van der Waals surface area contributed by atoms with E-state index in [1.54, 1.807) is 0 Å². The quantitative estimate of drug-likeness (QED) is 0.552. The second-order valence-electron chi connectivity index (χ2n) is 3.48. The number of aromatic amines is 1. The number of nitrogens with one attached hydrogen (secondary N) is 1. The first kappa shape index (κ1) is 9.66. The number of para-hydroxylation sites is 1. The summed E-state index contributed by atoms with van der Waals surface area (Å²) in [4.78, 5) is 3.45. The van der Waals surface area contributed by atoms with Gasteiger partial charge in [-0.25, -0.2) is 0 Å². The SMILES string of the molecule is Brc1cc(I)c2[nH]c3ccccc3c2c1. The lowest BCUT2D eigenvalue weighted by molar-refractivity contribution is 1.52. The van der Waals surface area contributed by atoms with Crippen molar-refractivity contribution in [2.75, 3.05) is 0 Å². The maximum absolute atomic E-state index is 3.53. The van der Waals surface area contributed by atoms with Crippen LogP contribution in [0.25, 0.3) is 21.8 Å². The highest BCUT2D eigenvalue weighted by Gasteiger charge is 2.06. The van der Waals surface area contributed by atoms with Crippen LogP contribution >= 0.6 is 38.5 Å². The van der Waals surface area contributed by atoms with Crippen LogP contribution in [-0.4, -0.2) is 4.98 Å². The van der Waals surface area contributed by atoms with E-state index in [1.807, 2.05) is 0 Å². The maximum Gasteiger partial charge on any atom is 0.0601 e. The summed E-state index contributed by atoms with van der Waals surface area (Å²) < 4.78 is 2.37. The van der Waals surface area contributed by atoms with Crippen molar-refractivity contribution < 1.29 is 0 Å². The molecule has 74 valence electrons. The van der Waals surface area contributed by atoms with Crippen LogP contribution in [-0.2, 0) is 0 Å². The summed E-state index contributed by atoms with van der Waals surface area (Å²) in [7, 11) is 0. The second-order valence-corrected chi connectivity index (χ2v) is 5.56. The normalized spacial score (nSPS) is 11.3. The summed E-state index contributed by atoms with van der Waals surface area (Å²) in [5.74, 6) is 0. The van der Waals surface area contributed by atoms with Gasteiger partial charge in [0.15, 0.2) is 0 Å². The third-order valence-electron chi connectivity index (χ3n) is 2.53. The van der Waals surface area contributed by atoms with Crippen molar-refractivity contribution >= 4 is 60.3 Å². The average molecular weight is 372 g/mol. The summed E-state index contributed by atoms with van der Waals surface area (Å²) in [6.45, 7) is 0. The highest BCUT2D eigenvalue weighted by atomic mass is 127. The van der Waals surface area contributed by atoms with E-state index >= 15 is 0 Å². The Morgan fingerprint density at radius 2 is 1.87 bits per heavy atom. The molecule has 0 bridgehead atoms. The minimum Gasteiger partial charge on any atom is -0.354 e. The van der Waals surface area contributed by atoms with Crippen LogP contribution in [0, 0.1) is 3.57 Å². The molecule has 0 aliphatic rings. The van der Waals surface area contributed by atoms with Crippen LogP contribution in [0.1, 0.15) is 0 Å². The molecular formula is C12H7BrIN. The Bertz CT molecular complexity index is 657. The predicted molar refractivity (Wildman–Crippen MR) is 76.2 cm³/mol. The Morgan fingerprint density at radius 3 is 2.73 bits per heavy atom. The smallest absolute Gasteiger partial charge is 0.0601 e. The first-order valence-corrected chi connectivity index (χ1v) is 6.48. The van der Waals surface area contributed by atoms with Gasteiger partial charge in [-0.15, -0.1) is 0 Å². The summed E-state index contributed by atoms with van der Waals surface area (Å²) in [6, 6.07) is 12.7. The van der Waals surface area contributed by atoms with Crippen molar-refractivity contribution in [1.82, 2.24) is 4.98 Å². The molecule has 0 radical (unpaired) electrons. The van der Waals surface area contributed by atoms with Crippen LogP contribution in [0.4, 0.5) is 0 Å². The summed E-state index contributed by atoms with van der Waals surface area (Å²) in [6.07, 6.45) is 0. The minimum absolute atomic E-state index is 1.13. The molecule has 15 heavy (non-hydrogen) atoms. The molecule has 2 aromatic carbocycles. The van der Waals surface area contributed by atoms with E-state index in [1.165, 1.54) is 25.4 Å². The van der Waals surface area contributed by atoms with Gasteiger partial charge in [0.2, 0.25) is 0 Å². The van der Waals surface area contributed by atoms with Crippen molar-refractivity contribution in [3.8, 4) is 0 Å². The number of aromatic nitrogens is 1. The molecule has 0 fully saturated rings. The lowest BCUT2D eigenvalue weighted by Gasteiger charge is -1.96. The number of benzene rings is 2. The van der Waals surface area contributed by atoms with E-state index in [0.29, 0.717) is 0 Å². The molecule has 1 aromatic heterocycles. The monoisotopic (exact) mass is 371 g/mol. The molecule has 0 unspecified atom stereocenters. The third kappa shape index (κ3) is 1.49. The first-order valence-electron chi connectivity index (χ1n) is 4.61. The zero-order valence-electron chi connectivity index (χ0n) is 7.72. The van der Waals surface area contributed by atoms with E-state index in [9.17, 15) is 0 Å². The van der Waals surface area contributed by atoms with Crippen LogP contribution in [0.3, 0.4) is 0 Å². The van der Waals surface area contributed by atoms with Crippen LogP contribution in [0.5, 0.6) is 0 Å². The van der Waals surface area contributed by atoms with Gasteiger partial charge < -0.3 is 4.98 Å². The van der Waals surface area contributed by atoms with Crippen molar-refractivity contribution in [1.29, 1.82) is 0 Å². The van der Waals surface area contributed by atoms with Gasteiger partial charge in [-0.1, -0.05) is 34.1 Å². The number of hydrogen-bond acceptors (Lipinski definition) is 0. The standard InChI is InChI=1S/C12H7BrIN/c13-7-5-9-8-3-1-2-4-11(8)15-12(9)10(14)6-7/h1-6,15H. The number of H-pyrrole nitrogens is 1. The van der Waals surface area contributed by atoms with Gasteiger partial charge in [-0.3, -0.25) is 0 Å². The molecule has 1 N–H and O–H groups in total. The molecule has 1 heterocycles. The minimum atomic E-state index is 1.13. The topological polar surface area (TPSA) is 15.8 Å². The fraction of sp³-hybridized carbons (Fsp3) is 0. The number of rotatable bonds is 0. The van der Waals surface area contributed by atoms with E-state index < -0.39 is 0 Å². The largest absolute Gasteiger partial charge is 0.354 e. The lowest BCUT2D eigenvalue weighted by atomic mass is 10.2. The molecular weight excluding hydrogens is 365 g/mol. The number of halogens is 2. The summed E-state index contributed by atoms with van der Waals surface area (Å²) in [5.41, 5.74) is 2.42. The maximum atomic E-state index is 3.53. The van der Waals surface area contributed by atoms with Gasteiger partial charge in [0.1, 0.15) is 0 Å². The molecule has 0 atom stereocenters.